The molecule has 1 N–H and O–H groups in total. The highest BCUT2D eigenvalue weighted by molar-refractivity contribution is 8.00. The lowest BCUT2D eigenvalue weighted by atomic mass is 10.0. The molecule has 1 atom stereocenters. The van der Waals surface area contributed by atoms with Crippen LogP contribution >= 0.6 is 35.1 Å². The summed E-state index contributed by atoms with van der Waals surface area (Å²) in [5, 5.41) is 3.65. The maximum Gasteiger partial charge on any atom is 0.230 e. The molecule has 23 heavy (non-hydrogen) atoms. The van der Waals surface area contributed by atoms with Gasteiger partial charge in [-0.3, -0.25) is 4.79 Å². The van der Waals surface area contributed by atoms with Gasteiger partial charge < -0.3 is 5.32 Å². The molecule has 2 aromatic rings. The summed E-state index contributed by atoms with van der Waals surface area (Å²) >= 11 is 9.19. The van der Waals surface area contributed by atoms with Gasteiger partial charge in [0.05, 0.1) is 16.8 Å². The first-order valence-electron chi connectivity index (χ1n) is 7.22. The largest absolute Gasteiger partial charge is 0.348 e. The zero-order valence-corrected chi connectivity index (χ0v) is 14.6. The molecule has 1 heterocycles. The molecule has 1 unspecified atom stereocenters. The summed E-state index contributed by atoms with van der Waals surface area (Å²) in [6.07, 6.45) is 0.809. The summed E-state index contributed by atoms with van der Waals surface area (Å²) in [5.41, 5.74) is 0.873. The minimum absolute atomic E-state index is 0.0676. The molecule has 0 radical (unpaired) electrons. The van der Waals surface area contributed by atoms with Gasteiger partial charge in [0.15, 0.2) is 0 Å². The fraction of sp³-hybridized carbons (Fsp3) is 0.235. The topological polar surface area (TPSA) is 29.1 Å². The summed E-state index contributed by atoms with van der Waals surface area (Å²) in [5.74, 6) is 0.872. The van der Waals surface area contributed by atoms with Gasteiger partial charge in [0.2, 0.25) is 5.91 Å². The van der Waals surface area contributed by atoms with E-state index in [1.54, 1.807) is 23.9 Å². The van der Waals surface area contributed by atoms with Crippen LogP contribution in [0.25, 0.3) is 0 Å². The number of carbonyl (C=O) groups is 1. The molecule has 3 rings (SSSR count). The zero-order valence-electron chi connectivity index (χ0n) is 12.2. The van der Waals surface area contributed by atoms with Gasteiger partial charge in [-0.2, -0.15) is 0 Å². The number of rotatable bonds is 4. The second-order valence-corrected chi connectivity index (χ2v) is 7.72. The van der Waals surface area contributed by atoms with Crippen molar-refractivity contribution in [3.63, 3.8) is 0 Å². The number of halogens is 2. The number of carbonyl (C=O) groups excluding carboxylic acids is 1. The number of nitrogens with one attached hydrogen (secondary N) is 1. The van der Waals surface area contributed by atoms with E-state index in [4.69, 9.17) is 11.6 Å². The van der Waals surface area contributed by atoms with Gasteiger partial charge in [0.25, 0.3) is 0 Å². The van der Waals surface area contributed by atoms with Crippen molar-refractivity contribution in [3.05, 3.63) is 58.9 Å². The van der Waals surface area contributed by atoms with Crippen LogP contribution in [0.4, 0.5) is 4.39 Å². The van der Waals surface area contributed by atoms with Gasteiger partial charge in [-0.05, 0) is 42.3 Å². The molecule has 6 heteroatoms. The van der Waals surface area contributed by atoms with E-state index in [1.807, 2.05) is 18.2 Å². The molecule has 1 amide bonds. The van der Waals surface area contributed by atoms with Crippen LogP contribution in [-0.4, -0.2) is 17.4 Å². The number of thioether (sulfide) groups is 2. The van der Waals surface area contributed by atoms with Crippen molar-refractivity contribution in [2.24, 2.45) is 0 Å². The van der Waals surface area contributed by atoms with Crippen LogP contribution in [-0.2, 0) is 4.79 Å². The monoisotopic (exact) mass is 367 g/mol. The van der Waals surface area contributed by atoms with Gasteiger partial charge in [-0.15, -0.1) is 23.5 Å². The Morgan fingerprint density at radius 3 is 3.00 bits per heavy atom. The van der Waals surface area contributed by atoms with Crippen LogP contribution in [0.3, 0.4) is 0 Å². The van der Waals surface area contributed by atoms with Crippen LogP contribution < -0.4 is 5.32 Å². The number of hydrogen-bond donors (Lipinski definition) is 1. The Kier molecular flexibility index (Phi) is 5.51. The lowest BCUT2D eigenvalue weighted by Gasteiger charge is -2.26. The molecule has 0 aliphatic carbocycles. The van der Waals surface area contributed by atoms with Gasteiger partial charge in [-0.25, -0.2) is 4.39 Å². The van der Waals surface area contributed by atoms with E-state index in [0.29, 0.717) is 5.02 Å². The summed E-state index contributed by atoms with van der Waals surface area (Å²) in [7, 11) is 0. The highest BCUT2D eigenvalue weighted by Gasteiger charge is 2.22. The van der Waals surface area contributed by atoms with Crippen LogP contribution in [0.15, 0.2) is 52.3 Å². The standard InChI is InChI=1S/C17H15ClFNOS2/c18-13-3-1-2-4-16(13)23-10-17(21)20-14-7-8-22-15-6-5-11(19)9-12(14)15/h1-6,9,14H,7-8,10H2,(H,20,21). The molecule has 0 saturated heterocycles. The van der Waals surface area contributed by atoms with E-state index < -0.39 is 0 Å². The van der Waals surface area contributed by atoms with Crippen LogP contribution in [0, 0.1) is 5.82 Å². The summed E-state index contributed by atoms with van der Waals surface area (Å²) in [4.78, 5) is 14.1. The van der Waals surface area contributed by atoms with Crippen molar-refractivity contribution in [2.45, 2.75) is 22.3 Å². The smallest absolute Gasteiger partial charge is 0.230 e. The molecule has 120 valence electrons. The minimum Gasteiger partial charge on any atom is -0.348 e. The average molecular weight is 368 g/mol. The van der Waals surface area contributed by atoms with Gasteiger partial charge in [0.1, 0.15) is 5.82 Å². The lowest BCUT2D eigenvalue weighted by molar-refractivity contribution is -0.119. The third kappa shape index (κ3) is 4.22. The number of benzene rings is 2. The Labute approximate surface area is 148 Å². The van der Waals surface area contributed by atoms with Gasteiger partial charge in [0, 0.05) is 15.5 Å². The molecular formula is C17H15ClFNOS2. The van der Waals surface area contributed by atoms with E-state index in [-0.39, 0.29) is 23.5 Å². The molecule has 2 aromatic carbocycles. The zero-order chi connectivity index (χ0) is 16.2. The Hall–Kier alpha value is -1.17. The van der Waals surface area contributed by atoms with Gasteiger partial charge in [-0.1, -0.05) is 23.7 Å². The maximum absolute atomic E-state index is 13.5. The minimum atomic E-state index is -0.268. The predicted molar refractivity (Wildman–Crippen MR) is 94.8 cm³/mol. The fourth-order valence-corrected chi connectivity index (χ4v) is 4.61. The lowest BCUT2D eigenvalue weighted by Crippen LogP contribution is -2.32. The summed E-state index contributed by atoms with van der Waals surface area (Å²) < 4.78 is 13.5. The molecular weight excluding hydrogens is 353 g/mol. The van der Waals surface area contributed by atoms with Crippen molar-refractivity contribution < 1.29 is 9.18 Å². The molecule has 1 aliphatic rings. The van der Waals surface area contributed by atoms with Crippen LogP contribution in [0.2, 0.25) is 5.02 Å². The van der Waals surface area contributed by atoms with Crippen molar-refractivity contribution in [3.8, 4) is 0 Å². The van der Waals surface area contributed by atoms with Crippen LogP contribution in [0.5, 0.6) is 0 Å². The third-order valence-electron chi connectivity index (χ3n) is 3.54. The Morgan fingerprint density at radius 2 is 2.17 bits per heavy atom. The third-order valence-corrected chi connectivity index (χ3v) is 6.18. The first-order chi connectivity index (χ1) is 11.1. The Balaban J connectivity index is 1.63. The SMILES string of the molecule is O=C(CSc1ccccc1Cl)NC1CCSc2ccc(F)cc21. The quantitative estimate of drug-likeness (QED) is 0.777. The number of fused-ring (bicyclic) bond motifs is 1. The number of amides is 1. The fourth-order valence-electron chi connectivity index (χ4n) is 2.46. The molecule has 0 saturated carbocycles. The summed E-state index contributed by atoms with van der Waals surface area (Å²) in [6, 6.07) is 12.1. The maximum atomic E-state index is 13.5. The first-order valence-corrected chi connectivity index (χ1v) is 9.57. The molecule has 0 aromatic heterocycles. The Morgan fingerprint density at radius 1 is 1.35 bits per heavy atom. The first kappa shape index (κ1) is 16.7. The molecule has 0 spiro atoms. The van der Waals surface area contributed by atoms with Crippen molar-refractivity contribution >= 4 is 41.0 Å². The second-order valence-electron chi connectivity index (χ2n) is 5.16. The van der Waals surface area contributed by atoms with E-state index >= 15 is 0 Å². The number of hydrogen-bond acceptors (Lipinski definition) is 3. The van der Waals surface area contributed by atoms with Crippen molar-refractivity contribution in [1.82, 2.24) is 5.32 Å². The van der Waals surface area contributed by atoms with E-state index in [2.05, 4.69) is 5.32 Å². The van der Waals surface area contributed by atoms with E-state index in [0.717, 1.165) is 27.5 Å². The van der Waals surface area contributed by atoms with Crippen molar-refractivity contribution in [2.75, 3.05) is 11.5 Å². The normalized spacial score (nSPS) is 16.7. The predicted octanol–water partition coefficient (Wildman–Crippen LogP) is 4.92. The van der Waals surface area contributed by atoms with Gasteiger partial charge >= 0.3 is 0 Å². The average Bonchev–Trinajstić information content (AvgIpc) is 2.55. The molecule has 1 aliphatic heterocycles. The van der Waals surface area contributed by atoms with Crippen molar-refractivity contribution in [1.29, 1.82) is 0 Å². The van der Waals surface area contributed by atoms with E-state index in [9.17, 15) is 9.18 Å². The second kappa shape index (κ2) is 7.60. The molecule has 0 fully saturated rings. The van der Waals surface area contributed by atoms with E-state index in [1.165, 1.54) is 23.9 Å². The highest BCUT2D eigenvalue weighted by atomic mass is 35.5. The molecule has 0 bridgehead atoms. The van der Waals surface area contributed by atoms with Crippen LogP contribution in [0.1, 0.15) is 18.0 Å². The summed E-state index contributed by atoms with van der Waals surface area (Å²) in [6.45, 7) is 0. The highest BCUT2D eigenvalue weighted by Crippen LogP contribution is 2.36. The molecule has 2 nitrogen and oxygen atoms in total. The Bertz CT molecular complexity index is 725.